The van der Waals surface area contributed by atoms with Crippen molar-refractivity contribution >= 4 is 130 Å². The zero-order chi connectivity index (χ0) is 86.4. The summed E-state index contributed by atoms with van der Waals surface area (Å²) in [4.78, 5) is 274. The number of carboxylic acid groups (broad SMARTS) is 4. The number of fused-ring (bicyclic) bond motifs is 1. The summed E-state index contributed by atoms with van der Waals surface area (Å²) < 4.78 is 11.0. The molecule has 13 atom stereocenters. The van der Waals surface area contributed by atoms with Crippen molar-refractivity contribution in [2.75, 3.05) is 26.2 Å². The minimum atomic E-state index is -2.35. The van der Waals surface area contributed by atoms with Crippen LogP contribution >= 0.6 is 0 Å². The van der Waals surface area contributed by atoms with E-state index in [4.69, 9.17) is 15.2 Å². The molecule has 2 aromatic rings. The van der Waals surface area contributed by atoms with Crippen molar-refractivity contribution in [3.8, 4) is 0 Å². The van der Waals surface area contributed by atoms with E-state index in [1.54, 1.807) is 51.2 Å². The summed E-state index contributed by atoms with van der Waals surface area (Å²) in [6.07, 6.45) is -2.73. The monoisotopic (exact) mass is 1630 g/mol. The molecule has 1 aliphatic rings. The number of alkyl carbamates (subject to hydrolysis) is 1. The van der Waals surface area contributed by atoms with Crippen LogP contribution in [0.1, 0.15) is 170 Å². The van der Waals surface area contributed by atoms with Gasteiger partial charge in [-0.2, -0.15) is 0 Å². The van der Waals surface area contributed by atoms with Crippen molar-refractivity contribution in [1.82, 2.24) is 79.4 Å². The van der Waals surface area contributed by atoms with Crippen molar-refractivity contribution in [2.45, 2.75) is 249 Å². The molecule has 2 heterocycles. The summed E-state index contributed by atoms with van der Waals surface area (Å²) in [5.41, 5.74) is 5.77. The molecule has 0 saturated carbocycles. The number of cyclic esters (lactones) is 1. The van der Waals surface area contributed by atoms with E-state index >= 15 is 0 Å². The number of hydrogen-bond acceptors (Lipinski definition) is 23. The first-order valence-corrected chi connectivity index (χ1v) is 37.4. The van der Waals surface area contributed by atoms with Crippen molar-refractivity contribution < 1.29 is 131 Å². The Bertz CT molecular complexity index is 3810. The summed E-state index contributed by atoms with van der Waals surface area (Å²) in [6, 6.07) is -14.9. The average Bonchev–Trinajstić information content (AvgIpc) is 1.68. The van der Waals surface area contributed by atoms with Crippen LogP contribution in [0.3, 0.4) is 0 Å². The van der Waals surface area contributed by atoms with Gasteiger partial charge in [0.15, 0.2) is 0 Å². The van der Waals surface area contributed by atoms with E-state index in [-0.39, 0.29) is 32.2 Å². The van der Waals surface area contributed by atoms with Gasteiger partial charge in [0.1, 0.15) is 78.2 Å². The number of unbranched alkanes of at least 4 members (excludes halogenated alkanes) is 6. The molecule has 1 aromatic heterocycles. The second-order valence-electron chi connectivity index (χ2n) is 28.4. The van der Waals surface area contributed by atoms with E-state index in [1.807, 2.05) is 16.0 Å². The molecule has 0 bridgehead atoms. The van der Waals surface area contributed by atoms with Gasteiger partial charge in [-0.05, 0) is 77.8 Å². The first-order valence-electron chi connectivity index (χ1n) is 37.4. The molecule has 1 saturated heterocycles. The van der Waals surface area contributed by atoms with Crippen molar-refractivity contribution in [3.05, 3.63) is 36.0 Å². The zero-order valence-corrected chi connectivity index (χ0v) is 65.2. The van der Waals surface area contributed by atoms with Gasteiger partial charge in [0.25, 0.3) is 0 Å². The number of H-pyrrole nitrogens is 1. The van der Waals surface area contributed by atoms with Gasteiger partial charge in [-0.25, -0.2) is 9.59 Å². The lowest BCUT2D eigenvalue weighted by atomic mass is 9.98. The Hall–Kier alpha value is -12.1. The van der Waals surface area contributed by atoms with Gasteiger partial charge >= 0.3 is 35.9 Å². The third kappa shape index (κ3) is 36.1. The quantitative estimate of drug-likeness (QED) is 0.0230. The molecule has 43 heteroatoms. The van der Waals surface area contributed by atoms with Gasteiger partial charge in [-0.15, -0.1) is 0 Å². The van der Waals surface area contributed by atoms with E-state index in [0.717, 1.165) is 46.0 Å². The number of benzene rings is 1. The lowest BCUT2D eigenvalue weighted by Crippen LogP contribution is -2.62. The van der Waals surface area contributed by atoms with Crippen LogP contribution < -0.4 is 80.2 Å². The predicted molar refractivity (Wildman–Crippen MR) is 401 cm³/mol. The highest BCUT2D eigenvalue weighted by molar-refractivity contribution is 6.02. The Labute approximate surface area is 660 Å². The van der Waals surface area contributed by atoms with Crippen LogP contribution in [-0.2, 0) is 107 Å². The Balaban J connectivity index is 2.24. The number of amides is 15. The van der Waals surface area contributed by atoms with Crippen LogP contribution in [0.2, 0.25) is 0 Å². The second kappa shape index (κ2) is 48.8. The van der Waals surface area contributed by atoms with Crippen LogP contribution in [-0.4, -0.2) is 254 Å². The summed E-state index contributed by atoms with van der Waals surface area (Å²) in [5.74, 6) is -27.4. The molecular formula is C72H108N16O27. The van der Waals surface area contributed by atoms with Crippen LogP contribution in [0.15, 0.2) is 30.5 Å². The molecule has 15 amide bonds. The van der Waals surface area contributed by atoms with Gasteiger partial charge < -0.3 is 120 Å². The molecule has 1 aliphatic heterocycles. The number of carbonyl (C=O) groups is 20. The number of hydrogen-bond donors (Lipinski definition) is 21. The molecule has 638 valence electrons. The van der Waals surface area contributed by atoms with Crippen molar-refractivity contribution in [2.24, 2.45) is 11.7 Å². The number of aliphatic hydroxyl groups excluding tert-OH is 1. The Morgan fingerprint density at radius 3 is 1.69 bits per heavy atom. The first-order chi connectivity index (χ1) is 54.1. The summed E-state index contributed by atoms with van der Waals surface area (Å²) in [6.45, 7) is 7.64. The highest BCUT2D eigenvalue weighted by Gasteiger charge is 2.41. The molecule has 0 radical (unpaired) electrons. The summed E-state index contributed by atoms with van der Waals surface area (Å²) in [5, 5.41) is 81.2. The molecule has 0 aliphatic carbocycles. The van der Waals surface area contributed by atoms with E-state index < -0.39 is 267 Å². The zero-order valence-electron chi connectivity index (χ0n) is 65.2. The number of nitrogens with two attached hydrogens (primary N) is 1. The maximum absolute atomic E-state index is 14.7. The number of aromatic amines is 1. The fraction of sp³-hybridized carbons (Fsp3) is 0.611. The molecular weight excluding hydrogens is 1520 g/mol. The van der Waals surface area contributed by atoms with E-state index in [9.17, 15) is 121 Å². The molecule has 1 aromatic carbocycles. The van der Waals surface area contributed by atoms with E-state index in [0.29, 0.717) is 29.3 Å². The number of rotatable bonds is 35. The lowest BCUT2D eigenvalue weighted by Gasteiger charge is -2.30. The maximum atomic E-state index is 14.7. The summed E-state index contributed by atoms with van der Waals surface area (Å²) >= 11 is 0. The van der Waals surface area contributed by atoms with Crippen molar-refractivity contribution in [3.63, 3.8) is 0 Å². The van der Waals surface area contributed by atoms with Crippen LogP contribution in [0, 0.1) is 5.92 Å². The number of carboxylic acids is 4. The fourth-order valence-corrected chi connectivity index (χ4v) is 11.3. The van der Waals surface area contributed by atoms with Crippen LogP contribution in [0.5, 0.6) is 0 Å². The van der Waals surface area contributed by atoms with E-state index in [1.165, 1.54) is 13.8 Å². The van der Waals surface area contributed by atoms with E-state index in [2.05, 4.69) is 70.4 Å². The maximum Gasteiger partial charge on any atom is 0.407 e. The van der Waals surface area contributed by atoms with Gasteiger partial charge in [-0.3, -0.25) is 86.3 Å². The molecule has 22 N–H and O–H groups in total. The molecule has 13 unspecified atom stereocenters. The number of aliphatic carboxylic acids is 4. The SMILES string of the molecule is CCCCCCCCCC(=O)NC(Cc1c[nH]c2ccccc12)C(=O)NC(CC(N)=O)C(=O)NC(CC(=O)O)C(=O)NC1C(=O)NCC(=O)NC(CCCNC(=O)OC(C)(C)C)C(=O)NC(CC(=O)O)C(=O)NC(C)C(=O)NC(CC(=O)O)C(=O)NCC(=O)NC(CO)C(=O)NC(CCC(=O)O)C(=O)NC(C(C)CC)C(=O)OC1C. The van der Waals surface area contributed by atoms with Crippen LogP contribution in [0.25, 0.3) is 10.9 Å². The summed E-state index contributed by atoms with van der Waals surface area (Å²) in [7, 11) is 0. The number of esters is 1. The number of nitrogens with one attached hydrogen (secondary N) is 15. The first kappa shape index (κ1) is 97.1. The number of ether oxygens (including phenoxy) is 2. The number of para-hydroxylation sites is 1. The minimum absolute atomic E-state index is 0.00676. The average molecular weight is 1630 g/mol. The normalized spacial score (nSPS) is 21.3. The largest absolute Gasteiger partial charge is 0.481 e. The minimum Gasteiger partial charge on any atom is -0.481 e. The molecule has 1 fully saturated rings. The number of primary amides is 1. The lowest BCUT2D eigenvalue weighted by molar-refractivity contribution is -0.157. The van der Waals surface area contributed by atoms with Gasteiger partial charge in [0.2, 0.25) is 82.7 Å². The molecule has 3 rings (SSSR count). The van der Waals surface area contributed by atoms with Crippen molar-refractivity contribution in [1.29, 1.82) is 0 Å². The number of aliphatic hydroxyl groups is 1. The van der Waals surface area contributed by atoms with Gasteiger partial charge in [0.05, 0.1) is 45.4 Å². The second-order valence-corrected chi connectivity index (χ2v) is 28.4. The molecule has 43 nitrogen and oxygen atoms in total. The van der Waals surface area contributed by atoms with Gasteiger partial charge in [-0.1, -0.05) is 83.9 Å². The third-order valence-electron chi connectivity index (χ3n) is 17.6. The Morgan fingerprint density at radius 1 is 0.574 bits per heavy atom. The Morgan fingerprint density at radius 2 is 1.10 bits per heavy atom. The predicted octanol–water partition coefficient (Wildman–Crippen LogP) is -4.11. The standard InChI is InChI=1S/C72H108N16O27/c1-9-11-12-13-14-15-16-23-51(91)80-44(27-39-32-75-41-21-18-17-20-40(39)41)65(107)84-45(28-50(73)90)66(108)86-48(31-57(100)101)67(109)88-59-38(5)114-70(112)58(36(3)10-2)87-63(105)43(24-25-54(94)95)82-68(110)49(35-89)81-53(93)33-76-61(103)46(29-55(96)97)83-60(102)37(4)78-64(106)47(30-56(98)99)85-62(104)42(79-52(92)34-77-69(59)111)22-19-26-74-71(113)115-72(6,7)8/h17-18,20-21,32,36-38,42-49,58-59,75,89H,9-16,19,22-31,33-35H2,1-8H3,(H2,73,90)(H,74,113)(H,76,103)(H,77,111)(H,78,106)(H,79,92)(H,80,91)(H,81,93)(H,82,110)(H,83,102)(H,84,107)(H,85,104)(H,86,108)(H,87,105)(H,88,109)(H,94,95)(H,96,97)(H,98,99)(H,100,101). The molecule has 0 spiro atoms. The highest BCUT2D eigenvalue weighted by Crippen LogP contribution is 2.21. The Kier molecular flexibility index (Phi) is 41.2. The fourth-order valence-electron chi connectivity index (χ4n) is 11.3. The number of aromatic nitrogens is 1. The smallest absolute Gasteiger partial charge is 0.407 e. The molecule has 115 heavy (non-hydrogen) atoms. The number of carbonyl (C=O) groups excluding carboxylic acids is 16. The topological polar surface area (TPSA) is 671 Å². The highest BCUT2D eigenvalue weighted by atomic mass is 16.6. The third-order valence-corrected chi connectivity index (χ3v) is 17.6. The van der Waals surface area contributed by atoms with Crippen LogP contribution in [0.4, 0.5) is 4.79 Å². The van der Waals surface area contributed by atoms with Gasteiger partial charge in [0, 0.05) is 42.9 Å².